The van der Waals surface area contributed by atoms with Gasteiger partial charge >= 0.3 is 0 Å². The average Bonchev–Trinajstić information content (AvgIpc) is 2.10. The summed E-state index contributed by atoms with van der Waals surface area (Å²) >= 11 is 3.94. The quantitative estimate of drug-likeness (QED) is 0.522. The van der Waals surface area contributed by atoms with Crippen LogP contribution in [0.4, 0.5) is 0 Å². The predicted molar refractivity (Wildman–Crippen MR) is 64.5 cm³/mol. The van der Waals surface area contributed by atoms with Crippen molar-refractivity contribution in [1.82, 2.24) is 0 Å². The zero-order valence-electron chi connectivity index (χ0n) is 8.47. The first-order chi connectivity index (χ1) is 5.91. The van der Waals surface area contributed by atoms with E-state index in [1.165, 1.54) is 50.0 Å². The summed E-state index contributed by atoms with van der Waals surface area (Å²) in [6.45, 7) is 0. The first-order valence-corrected chi connectivity index (χ1v) is 7.68. The van der Waals surface area contributed by atoms with Gasteiger partial charge in [-0.3, -0.25) is 0 Å². The van der Waals surface area contributed by atoms with Crippen molar-refractivity contribution in [3.63, 3.8) is 0 Å². The molecule has 0 nitrogen and oxygen atoms in total. The van der Waals surface area contributed by atoms with Crippen molar-refractivity contribution in [1.29, 1.82) is 0 Å². The van der Waals surface area contributed by atoms with Crippen LogP contribution in [0.2, 0.25) is 0 Å². The fraction of sp³-hybridized carbons (Fsp3) is 1.00. The van der Waals surface area contributed by atoms with Crippen molar-refractivity contribution in [3.05, 3.63) is 0 Å². The van der Waals surface area contributed by atoms with E-state index < -0.39 is 0 Å². The summed E-state index contributed by atoms with van der Waals surface area (Å²) in [6, 6.07) is 0. The van der Waals surface area contributed by atoms with Crippen LogP contribution < -0.4 is 0 Å². The molecule has 0 amide bonds. The molecule has 0 radical (unpaired) electrons. The average molecular weight is 206 g/mol. The highest BCUT2D eigenvalue weighted by Crippen LogP contribution is 2.09. The van der Waals surface area contributed by atoms with Crippen LogP contribution in [0.15, 0.2) is 0 Å². The lowest BCUT2D eigenvalue weighted by atomic mass is 10.1. The molecule has 0 N–H and O–H groups in total. The van der Waals surface area contributed by atoms with Crippen LogP contribution in [0.3, 0.4) is 0 Å². The van der Waals surface area contributed by atoms with Gasteiger partial charge in [-0.1, -0.05) is 25.7 Å². The minimum Gasteiger partial charge on any atom is -0.165 e. The highest BCUT2D eigenvalue weighted by atomic mass is 32.2. The van der Waals surface area contributed by atoms with Gasteiger partial charge in [0.15, 0.2) is 0 Å². The fourth-order valence-corrected chi connectivity index (χ4v) is 2.19. The maximum Gasteiger partial charge on any atom is -0.00703 e. The van der Waals surface area contributed by atoms with Crippen LogP contribution in [0.1, 0.15) is 38.5 Å². The second-order valence-electron chi connectivity index (χ2n) is 3.11. The van der Waals surface area contributed by atoms with E-state index in [-0.39, 0.29) is 0 Å². The third-order valence-corrected chi connectivity index (χ3v) is 3.34. The fourth-order valence-electron chi connectivity index (χ4n) is 1.20. The summed E-state index contributed by atoms with van der Waals surface area (Å²) in [4.78, 5) is 0. The summed E-state index contributed by atoms with van der Waals surface area (Å²) in [7, 11) is 0. The maximum atomic E-state index is 2.19. The molecule has 0 atom stereocenters. The molecule has 0 aromatic carbocycles. The van der Waals surface area contributed by atoms with Crippen LogP contribution in [-0.2, 0) is 0 Å². The van der Waals surface area contributed by atoms with E-state index in [9.17, 15) is 0 Å². The molecule has 2 heteroatoms. The molecule has 0 heterocycles. The molecule has 0 saturated heterocycles. The van der Waals surface area contributed by atoms with E-state index in [1.54, 1.807) is 0 Å². The van der Waals surface area contributed by atoms with Crippen molar-refractivity contribution in [2.24, 2.45) is 0 Å². The Morgan fingerprint density at radius 3 is 1.25 bits per heavy atom. The zero-order chi connectivity index (χ0) is 9.07. The summed E-state index contributed by atoms with van der Waals surface area (Å²) in [5.74, 6) is 2.70. The van der Waals surface area contributed by atoms with Crippen molar-refractivity contribution >= 4 is 23.5 Å². The van der Waals surface area contributed by atoms with E-state index in [0.29, 0.717) is 0 Å². The molecule has 0 aromatic heterocycles. The Hall–Kier alpha value is 0.700. The molecule has 0 aliphatic rings. The zero-order valence-corrected chi connectivity index (χ0v) is 10.1. The van der Waals surface area contributed by atoms with Crippen molar-refractivity contribution in [2.45, 2.75) is 38.5 Å². The Bertz CT molecular complexity index is 64.2. The molecule has 0 unspecified atom stereocenters. The van der Waals surface area contributed by atoms with E-state index in [4.69, 9.17) is 0 Å². The molecule has 0 fully saturated rings. The van der Waals surface area contributed by atoms with Gasteiger partial charge in [-0.2, -0.15) is 23.5 Å². The monoisotopic (exact) mass is 206 g/mol. The first kappa shape index (κ1) is 12.7. The van der Waals surface area contributed by atoms with Gasteiger partial charge in [-0.05, 0) is 36.9 Å². The van der Waals surface area contributed by atoms with Gasteiger partial charge in [0.2, 0.25) is 0 Å². The van der Waals surface area contributed by atoms with Gasteiger partial charge in [-0.25, -0.2) is 0 Å². The van der Waals surface area contributed by atoms with E-state index in [2.05, 4.69) is 12.5 Å². The van der Waals surface area contributed by atoms with E-state index in [0.717, 1.165) is 0 Å². The SMILES string of the molecule is CSCCCCCCCCSC. The van der Waals surface area contributed by atoms with Gasteiger partial charge in [0.1, 0.15) is 0 Å². The third-order valence-electron chi connectivity index (χ3n) is 1.95. The Morgan fingerprint density at radius 1 is 0.583 bits per heavy atom. The highest BCUT2D eigenvalue weighted by Gasteiger charge is 1.90. The molecule has 0 saturated carbocycles. The predicted octanol–water partition coefficient (Wildman–Crippen LogP) is 4.05. The lowest BCUT2D eigenvalue weighted by Gasteiger charge is -1.99. The van der Waals surface area contributed by atoms with E-state index in [1.807, 2.05) is 23.5 Å². The van der Waals surface area contributed by atoms with Crippen LogP contribution in [-0.4, -0.2) is 24.0 Å². The lowest BCUT2D eigenvalue weighted by Crippen LogP contribution is -1.83. The second kappa shape index (κ2) is 11.7. The molecular formula is C10H22S2. The van der Waals surface area contributed by atoms with Crippen molar-refractivity contribution in [3.8, 4) is 0 Å². The Kier molecular flexibility index (Phi) is 12.4. The normalized spacial score (nSPS) is 10.5. The molecule has 12 heavy (non-hydrogen) atoms. The van der Waals surface area contributed by atoms with Crippen LogP contribution in [0.25, 0.3) is 0 Å². The molecule has 0 aromatic rings. The number of hydrogen-bond acceptors (Lipinski definition) is 2. The maximum absolute atomic E-state index is 2.19. The number of thioether (sulfide) groups is 2. The second-order valence-corrected chi connectivity index (χ2v) is 5.08. The molecule has 0 aliphatic heterocycles. The van der Waals surface area contributed by atoms with Gasteiger partial charge in [0, 0.05) is 0 Å². The largest absolute Gasteiger partial charge is 0.165 e. The van der Waals surface area contributed by atoms with Gasteiger partial charge in [0.25, 0.3) is 0 Å². The highest BCUT2D eigenvalue weighted by molar-refractivity contribution is 7.98. The van der Waals surface area contributed by atoms with Gasteiger partial charge < -0.3 is 0 Å². The molecule has 0 bridgehead atoms. The smallest absolute Gasteiger partial charge is 0.00703 e. The molecule has 0 aliphatic carbocycles. The summed E-state index contributed by atoms with van der Waals surface area (Å²) in [5.41, 5.74) is 0. The minimum absolute atomic E-state index is 1.35. The Labute approximate surface area is 86.3 Å². The summed E-state index contributed by atoms with van der Waals surface area (Å²) in [5, 5.41) is 0. The third kappa shape index (κ3) is 10.7. The van der Waals surface area contributed by atoms with Crippen molar-refractivity contribution < 1.29 is 0 Å². The molecule has 0 spiro atoms. The number of hydrogen-bond donors (Lipinski definition) is 0. The van der Waals surface area contributed by atoms with E-state index >= 15 is 0 Å². The minimum atomic E-state index is 1.35. The topological polar surface area (TPSA) is 0 Å². The van der Waals surface area contributed by atoms with Gasteiger partial charge in [0.05, 0.1) is 0 Å². The summed E-state index contributed by atoms with van der Waals surface area (Å²) in [6.07, 6.45) is 13.0. The number of unbranched alkanes of at least 4 members (excludes halogenated alkanes) is 5. The molecule has 74 valence electrons. The Morgan fingerprint density at radius 2 is 0.917 bits per heavy atom. The summed E-state index contributed by atoms with van der Waals surface area (Å²) < 4.78 is 0. The van der Waals surface area contributed by atoms with Crippen molar-refractivity contribution in [2.75, 3.05) is 24.0 Å². The standard InChI is InChI=1S/C10H22S2/c1-11-9-7-5-3-4-6-8-10-12-2/h3-10H2,1-2H3. The Balaban J connectivity index is 2.73. The first-order valence-electron chi connectivity index (χ1n) is 4.89. The van der Waals surface area contributed by atoms with Crippen LogP contribution in [0, 0.1) is 0 Å². The van der Waals surface area contributed by atoms with Gasteiger partial charge in [-0.15, -0.1) is 0 Å². The van der Waals surface area contributed by atoms with Crippen LogP contribution >= 0.6 is 23.5 Å². The molecule has 0 rings (SSSR count). The van der Waals surface area contributed by atoms with Crippen LogP contribution in [0.5, 0.6) is 0 Å². The molecular weight excluding hydrogens is 184 g/mol. The lowest BCUT2D eigenvalue weighted by molar-refractivity contribution is 0.629. The number of rotatable bonds is 9.